The number of nitrogens with one attached hydrogen (secondary N) is 1. The Hall–Kier alpha value is -4.05. The van der Waals surface area contributed by atoms with Crippen molar-refractivity contribution in [2.24, 2.45) is 0 Å². The van der Waals surface area contributed by atoms with Crippen LogP contribution in [0.1, 0.15) is 35.2 Å². The van der Waals surface area contributed by atoms with Crippen molar-refractivity contribution in [3.8, 4) is 0 Å². The van der Waals surface area contributed by atoms with Crippen molar-refractivity contribution in [1.29, 1.82) is 0 Å². The van der Waals surface area contributed by atoms with Gasteiger partial charge in [0, 0.05) is 32.7 Å². The predicted octanol–water partition coefficient (Wildman–Crippen LogP) is 2.63. The lowest BCUT2D eigenvalue weighted by atomic mass is 10.2. The van der Waals surface area contributed by atoms with E-state index >= 15 is 0 Å². The van der Waals surface area contributed by atoms with Gasteiger partial charge in [0.2, 0.25) is 5.82 Å². The third-order valence-electron chi connectivity index (χ3n) is 5.52. The second-order valence-corrected chi connectivity index (χ2v) is 8.10. The lowest BCUT2D eigenvalue weighted by molar-refractivity contribution is -0.120. The fourth-order valence-electron chi connectivity index (χ4n) is 3.66. The molecule has 0 saturated heterocycles. The number of hydrogen-bond acceptors (Lipinski definition) is 6. The Morgan fingerprint density at radius 3 is 2.67 bits per heavy atom. The molecule has 3 heterocycles. The molecule has 4 rings (SSSR count). The maximum atomic E-state index is 13.0. The molecule has 0 radical (unpaired) electrons. The molecule has 3 aromatic rings. The number of anilines is 1. The van der Waals surface area contributed by atoms with Gasteiger partial charge in [-0.05, 0) is 18.9 Å². The highest BCUT2D eigenvalue weighted by Crippen LogP contribution is 2.21. The SMILES string of the molecule is C=CC=C.CCOCCc1cc2n(n1)CCC(NC(=O)c1ncn(Cc3ccccc3)n1)C(=O)N2C. The van der Waals surface area contributed by atoms with E-state index in [2.05, 4.69) is 33.7 Å². The van der Waals surface area contributed by atoms with E-state index in [9.17, 15) is 9.59 Å². The zero-order valence-corrected chi connectivity index (χ0v) is 20.8. The van der Waals surface area contributed by atoms with Crippen LogP contribution in [0.3, 0.4) is 0 Å². The van der Waals surface area contributed by atoms with E-state index < -0.39 is 11.9 Å². The summed E-state index contributed by atoms with van der Waals surface area (Å²) in [6, 6.07) is 11.0. The molecule has 0 fully saturated rings. The summed E-state index contributed by atoms with van der Waals surface area (Å²) in [4.78, 5) is 31.3. The minimum absolute atomic E-state index is 0.0385. The molecule has 36 heavy (non-hydrogen) atoms. The maximum Gasteiger partial charge on any atom is 0.291 e. The predicted molar refractivity (Wildman–Crippen MR) is 138 cm³/mol. The standard InChI is InChI=1S/C22H27N7O3.C4H6/c1-3-32-12-10-17-13-19-27(2)22(31)18(9-11-29(19)25-17)24-21(30)20-23-15-28(26-20)14-16-7-5-4-6-8-16;1-3-4-2/h4-8,13,15,18H,3,9-12,14H2,1-2H3,(H,24,30);3-4H,1-2H2. The zero-order chi connectivity index (χ0) is 25.9. The third kappa shape index (κ3) is 6.98. The fraction of sp³-hybridized carbons (Fsp3) is 0.346. The first-order valence-electron chi connectivity index (χ1n) is 11.9. The first kappa shape index (κ1) is 26.6. The van der Waals surface area contributed by atoms with Gasteiger partial charge >= 0.3 is 0 Å². The molecule has 10 nitrogen and oxygen atoms in total. The van der Waals surface area contributed by atoms with Gasteiger partial charge in [-0.3, -0.25) is 14.5 Å². The number of ether oxygens (including phenoxy) is 1. The highest BCUT2D eigenvalue weighted by Gasteiger charge is 2.31. The molecule has 190 valence electrons. The number of nitrogens with zero attached hydrogens (tertiary/aromatic N) is 6. The number of aryl methyl sites for hydroxylation is 1. The largest absolute Gasteiger partial charge is 0.381 e. The van der Waals surface area contributed by atoms with E-state index in [0.717, 1.165) is 11.3 Å². The monoisotopic (exact) mass is 491 g/mol. The fourth-order valence-corrected chi connectivity index (χ4v) is 3.66. The highest BCUT2D eigenvalue weighted by molar-refractivity contribution is 6.00. The smallest absolute Gasteiger partial charge is 0.291 e. The highest BCUT2D eigenvalue weighted by atomic mass is 16.5. The number of fused-ring (bicyclic) bond motifs is 1. The van der Waals surface area contributed by atoms with Gasteiger partial charge in [-0.15, -0.1) is 5.10 Å². The Morgan fingerprint density at radius 2 is 1.97 bits per heavy atom. The van der Waals surface area contributed by atoms with E-state index in [4.69, 9.17) is 4.74 Å². The number of rotatable bonds is 9. The Morgan fingerprint density at radius 1 is 1.22 bits per heavy atom. The van der Waals surface area contributed by atoms with E-state index in [1.165, 1.54) is 11.2 Å². The van der Waals surface area contributed by atoms with Gasteiger partial charge in [0.15, 0.2) is 0 Å². The summed E-state index contributed by atoms with van der Waals surface area (Å²) in [7, 11) is 1.69. The molecule has 1 aliphatic rings. The number of hydrogen-bond donors (Lipinski definition) is 1. The molecule has 0 aliphatic carbocycles. The second kappa shape index (κ2) is 13.1. The summed E-state index contributed by atoms with van der Waals surface area (Å²) in [5.41, 5.74) is 1.93. The van der Waals surface area contributed by atoms with Gasteiger partial charge in [-0.1, -0.05) is 55.6 Å². The van der Waals surface area contributed by atoms with Gasteiger partial charge in [-0.2, -0.15) is 5.10 Å². The molecular formula is C26H33N7O3. The number of carbonyl (C=O) groups excluding carboxylic acids is 2. The summed E-state index contributed by atoms with van der Waals surface area (Å²) >= 11 is 0. The molecule has 10 heteroatoms. The van der Waals surface area contributed by atoms with Crippen LogP contribution in [0.5, 0.6) is 0 Å². The Bertz CT molecular complexity index is 1160. The van der Waals surface area contributed by atoms with Crippen molar-refractivity contribution in [3.63, 3.8) is 0 Å². The van der Waals surface area contributed by atoms with Gasteiger partial charge in [0.1, 0.15) is 18.2 Å². The molecule has 1 unspecified atom stereocenters. The van der Waals surface area contributed by atoms with E-state index in [-0.39, 0.29) is 11.7 Å². The van der Waals surface area contributed by atoms with Crippen molar-refractivity contribution in [2.45, 2.75) is 38.9 Å². The molecule has 0 saturated carbocycles. The molecule has 0 spiro atoms. The Labute approximate surface area is 211 Å². The summed E-state index contributed by atoms with van der Waals surface area (Å²) in [5, 5.41) is 11.6. The van der Waals surface area contributed by atoms with Crippen molar-refractivity contribution in [2.75, 3.05) is 25.2 Å². The van der Waals surface area contributed by atoms with Gasteiger partial charge in [0.05, 0.1) is 18.8 Å². The maximum absolute atomic E-state index is 13.0. The normalized spacial score (nSPS) is 14.8. The van der Waals surface area contributed by atoms with Crippen LogP contribution < -0.4 is 10.2 Å². The van der Waals surface area contributed by atoms with E-state index in [1.54, 1.807) is 28.6 Å². The average molecular weight is 492 g/mol. The van der Waals surface area contributed by atoms with Gasteiger partial charge < -0.3 is 10.1 Å². The quantitative estimate of drug-likeness (QED) is 0.364. The van der Waals surface area contributed by atoms with Crippen molar-refractivity contribution in [3.05, 3.63) is 85.1 Å². The summed E-state index contributed by atoms with van der Waals surface area (Å²) in [5.74, 6) is 0.0812. The number of carbonyl (C=O) groups is 2. The summed E-state index contributed by atoms with van der Waals surface area (Å²) in [6.07, 6.45) is 5.91. The second-order valence-electron chi connectivity index (χ2n) is 8.10. The van der Waals surface area contributed by atoms with Crippen LogP contribution in [-0.2, 0) is 29.0 Å². The average Bonchev–Trinajstić information content (AvgIpc) is 3.51. The van der Waals surface area contributed by atoms with Crippen molar-refractivity contribution in [1.82, 2.24) is 29.9 Å². The Kier molecular flexibility index (Phi) is 9.70. The number of aromatic nitrogens is 5. The molecular weight excluding hydrogens is 458 g/mol. The van der Waals surface area contributed by atoms with Crippen LogP contribution in [0.2, 0.25) is 0 Å². The van der Waals surface area contributed by atoms with E-state index in [0.29, 0.717) is 45.0 Å². The van der Waals surface area contributed by atoms with Crippen molar-refractivity contribution < 1.29 is 14.3 Å². The number of benzene rings is 1. The van der Waals surface area contributed by atoms with Gasteiger partial charge in [-0.25, -0.2) is 14.3 Å². The summed E-state index contributed by atoms with van der Waals surface area (Å²) < 4.78 is 8.79. The topological polar surface area (TPSA) is 107 Å². The van der Waals surface area contributed by atoms with Crippen LogP contribution >= 0.6 is 0 Å². The summed E-state index contributed by atoms with van der Waals surface area (Å²) in [6.45, 7) is 11.0. The Balaban J connectivity index is 0.000000840. The molecule has 2 aromatic heterocycles. The lowest BCUT2D eigenvalue weighted by Crippen LogP contribution is -2.47. The number of amides is 2. The molecule has 0 bridgehead atoms. The van der Waals surface area contributed by atoms with Crippen LogP contribution in [-0.4, -0.2) is 62.7 Å². The van der Waals surface area contributed by atoms with Crippen LogP contribution in [0.4, 0.5) is 5.82 Å². The molecule has 1 aliphatic heterocycles. The molecule has 1 N–H and O–H groups in total. The molecule has 1 atom stereocenters. The molecule has 2 amide bonds. The number of allylic oxidation sites excluding steroid dienone is 2. The van der Waals surface area contributed by atoms with Gasteiger partial charge in [0.25, 0.3) is 11.8 Å². The first-order valence-corrected chi connectivity index (χ1v) is 11.9. The molecule has 1 aromatic carbocycles. The van der Waals surface area contributed by atoms with Crippen molar-refractivity contribution >= 4 is 17.6 Å². The third-order valence-corrected chi connectivity index (χ3v) is 5.52. The van der Waals surface area contributed by atoms with Crippen LogP contribution in [0.25, 0.3) is 0 Å². The van der Waals surface area contributed by atoms with Crippen LogP contribution in [0, 0.1) is 0 Å². The first-order chi connectivity index (χ1) is 17.5. The van der Waals surface area contributed by atoms with Crippen LogP contribution in [0.15, 0.2) is 68.0 Å². The minimum Gasteiger partial charge on any atom is -0.381 e. The zero-order valence-electron chi connectivity index (χ0n) is 20.8. The number of likely N-dealkylation sites (N-methyl/N-ethyl adjacent to an activating group) is 1. The lowest BCUT2D eigenvalue weighted by Gasteiger charge is -2.19. The van der Waals surface area contributed by atoms with E-state index in [1.807, 2.05) is 43.3 Å². The minimum atomic E-state index is -0.679.